The van der Waals surface area contributed by atoms with Crippen LogP contribution in [0.3, 0.4) is 0 Å². The minimum absolute atomic E-state index is 0.0792. The summed E-state index contributed by atoms with van der Waals surface area (Å²) in [5, 5.41) is 6.96. The van der Waals surface area contributed by atoms with E-state index in [0.29, 0.717) is 16.5 Å². The third-order valence-corrected chi connectivity index (χ3v) is 6.87. The van der Waals surface area contributed by atoms with Crippen molar-refractivity contribution in [2.24, 2.45) is 5.41 Å². The number of halogens is 2. The van der Waals surface area contributed by atoms with Crippen LogP contribution in [-0.2, 0) is 4.79 Å². The van der Waals surface area contributed by atoms with Crippen LogP contribution in [0.15, 0.2) is 60.2 Å². The van der Waals surface area contributed by atoms with Gasteiger partial charge in [0.1, 0.15) is 0 Å². The minimum atomic E-state index is -0.298. The molecule has 0 unspecified atom stereocenters. The predicted molar refractivity (Wildman–Crippen MR) is 122 cm³/mol. The van der Waals surface area contributed by atoms with Crippen LogP contribution in [-0.4, -0.2) is 5.78 Å². The number of benzene rings is 3. The molecule has 0 saturated carbocycles. The fourth-order valence-corrected chi connectivity index (χ4v) is 5.23. The number of anilines is 1. The highest BCUT2D eigenvalue weighted by Crippen LogP contribution is 2.52. The van der Waals surface area contributed by atoms with Gasteiger partial charge in [-0.3, -0.25) is 4.79 Å². The quantitative estimate of drug-likeness (QED) is 0.441. The van der Waals surface area contributed by atoms with E-state index in [9.17, 15) is 4.79 Å². The Balaban J connectivity index is 1.83. The Morgan fingerprint density at radius 1 is 0.966 bits per heavy atom. The standard InChI is InChI=1S/C25H21Cl2NO/c1-25(2)12-17-21-15-7-4-3-6-14(15)10-11-19(21)28-24(22(17)20(29)13-25)16-8-5-9-18(26)23(16)27/h3-11,24,28H,12-13H2,1-2H3/t24-/m1/s1. The molecule has 1 atom stereocenters. The Bertz CT molecular complexity index is 1210. The van der Waals surface area contributed by atoms with E-state index < -0.39 is 0 Å². The number of hydrogen-bond donors (Lipinski definition) is 1. The molecule has 2 nitrogen and oxygen atoms in total. The lowest BCUT2D eigenvalue weighted by Gasteiger charge is -2.40. The number of hydrogen-bond acceptors (Lipinski definition) is 2. The van der Waals surface area contributed by atoms with Crippen molar-refractivity contribution in [1.29, 1.82) is 0 Å². The maximum atomic E-state index is 13.4. The number of rotatable bonds is 1. The molecule has 2 aliphatic rings. The maximum Gasteiger partial charge on any atom is 0.162 e. The molecule has 1 aliphatic heterocycles. The molecule has 1 N–H and O–H groups in total. The van der Waals surface area contributed by atoms with E-state index in [1.165, 1.54) is 10.8 Å². The van der Waals surface area contributed by atoms with E-state index in [1.54, 1.807) is 6.07 Å². The van der Waals surface area contributed by atoms with Gasteiger partial charge >= 0.3 is 0 Å². The van der Waals surface area contributed by atoms with Gasteiger partial charge in [-0.25, -0.2) is 0 Å². The molecule has 5 rings (SSSR count). The summed E-state index contributed by atoms with van der Waals surface area (Å²) >= 11 is 12.9. The lowest BCUT2D eigenvalue weighted by molar-refractivity contribution is -0.118. The van der Waals surface area contributed by atoms with Crippen molar-refractivity contribution in [3.63, 3.8) is 0 Å². The van der Waals surface area contributed by atoms with Crippen LogP contribution >= 0.6 is 23.2 Å². The first kappa shape index (κ1) is 18.7. The first-order valence-electron chi connectivity index (χ1n) is 9.84. The average molecular weight is 422 g/mol. The van der Waals surface area contributed by atoms with Crippen molar-refractivity contribution < 1.29 is 4.79 Å². The molecule has 0 spiro atoms. The van der Waals surface area contributed by atoms with Crippen LogP contribution in [0.5, 0.6) is 0 Å². The summed E-state index contributed by atoms with van der Waals surface area (Å²) in [7, 11) is 0. The van der Waals surface area contributed by atoms with Crippen LogP contribution in [0.4, 0.5) is 5.69 Å². The Hall–Kier alpha value is -2.29. The first-order chi connectivity index (χ1) is 13.9. The summed E-state index contributed by atoms with van der Waals surface area (Å²) in [6, 6.07) is 17.9. The summed E-state index contributed by atoms with van der Waals surface area (Å²) in [5.41, 5.74) is 4.92. The van der Waals surface area contributed by atoms with Gasteiger partial charge in [-0.1, -0.05) is 79.5 Å². The van der Waals surface area contributed by atoms with Crippen LogP contribution in [0.2, 0.25) is 10.0 Å². The third-order valence-electron chi connectivity index (χ3n) is 6.03. The molecule has 4 heteroatoms. The molecule has 1 aliphatic carbocycles. The molecule has 146 valence electrons. The fourth-order valence-electron chi connectivity index (χ4n) is 4.81. The zero-order chi connectivity index (χ0) is 20.3. The van der Waals surface area contributed by atoms with Crippen LogP contribution < -0.4 is 5.32 Å². The molecule has 3 aromatic rings. The largest absolute Gasteiger partial charge is 0.373 e. The first-order valence-corrected chi connectivity index (χ1v) is 10.6. The van der Waals surface area contributed by atoms with Crippen molar-refractivity contribution in [2.75, 3.05) is 5.32 Å². The fraction of sp³-hybridized carbons (Fsp3) is 0.240. The van der Waals surface area contributed by atoms with E-state index in [2.05, 4.69) is 49.5 Å². The van der Waals surface area contributed by atoms with E-state index >= 15 is 0 Å². The SMILES string of the molecule is CC1(C)CC(=O)C2=C(C1)c1c(ccc3ccccc13)N[C@@H]2c1cccc(Cl)c1Cl. The Morgan fingerprint density at radius 2 is 1.76 bits per heavy atom. The molecular formula is C25H21Cl2NO. The number of allylic oxidation sites excluding steroid dienone is 1. The highest BCUT2D eigenvalue weighted by atomic mass is 35.5. The van der Waals surface area contributed by atoms with Crippen molar-refractivity contribution in [3.05, 3.63) is 81.3 Å². The van der Waals surface area contributed by atoms with Gasteiger partial charge < -0.3 is 5.32 Å². The summed E-state index contributed by atoms with van der Waals surface area (Å²) in [6.07, 6.45) is 1.38. The van der Waals surface area contributed by atoms with Gasteiger partial charge in [-0.15, -0.1) is 0 Å². The molecule has 3 aromatic carbocycles. The second-order valence-electron chi connectivity index (χ2n) is 8.76. The topological polar surface area (TPSA) is 29.1 Å². The average Bonchev–Trinajstić information content (AvgIpc) is 2.68. The number of nitrogens with one attached hydrogen (secondary N) is 1. The van der Waals surface area contributed by atoms with Gasteiger partial charge in [0, 0.05) is 23.2 Å². The van der Waals surface area contributed by atoms with Crippen molar-refractivity contribution in [2.45, 2.75) is 32.7 Å². The van der Waals surface area contributed by atoms with Gasteiger partial charge in [-0.2, -0.15) is 0 Å². The lowest BCUT2D eigenvalue weighted by Crippen LogP contribution is -2.33. The van der Waals surface area contributed by atoms with Gasteiger partial charge in [-0.05, 0) is 45.9 Å². The molecule has 1 heterocycles. The van der Waals surface area contributed by atoms with Gasteiger partial charge in [0.05, 0.1) is 16.1 Å². The smallest absolute Gasteiger partial charge is 0.162 e. The van der Waals surface area contributed by atoms with Crippen molar-refractivity contribution in [1.82, 2.24) is 0 Å². The normalized spacial score (nSPS) is 20.3. The number of carbonyl (C=O) groups is 1. The molecule has 0 bridgehead atoms. The second-order valence-corrected chi connectivity index (χ2v) is 9.55. The Labute approximate surface area is 180 Å². The summed E-state index contributed by atoms with van der Waals surface area (Å²) in [5.74, 6) is 0.184. The monoisotopic (exact) mass is 421 g/mol. The summed E-state index contributed by atoms with van der Waals surface area (Å²) in [6.45, 7) is 4.34. The minimum Gasteiger partial charge on any atom is -0.373 e. The molecule has 29 heavy (non-hydrogen) atoms. The molecular weight excluding hydrogens is 401 g/mol. The van der Waals surface area contributed by atoms with Crippen LogP contribution in [0.25, 0.3) is 16.3 Å². The number of fused-ring (bicyclic) bond motifs is 4. The zero-order valence-corrected chi connectivity index (χ0v) is 17.9. The Kier molecular flexibility index (Phi) is 4.27. The van der Waals surface area contributed by atoms with Crippen molar-refractivity contribution >= 4 is 51.0 Å². The molecule has 0 fully saturated rings. The highest BCUT2D eigenvalue weighted by Gasteiger charge is 2.41. The predicted octanol–water partition coefficient (Wildman–Crippen LogP) is 7.46. The van der Waals surface area contributed by atoms with Gasteiger partial charge in [0.25, 0.3) is 0 Å². The molecule has 0 saturated heterocycles. The van der Waals surface area contributed by atoms with E-state index in [1.807, 2.05) is 18.2 Å². The van der Waals surface area contributed by atoms with Crippen LogP contribution in [0, 0.1) is 5.41 Å². The maximum absolute atomic E-state index is 13.4. The second kappa shape index (κ2) is 6.62. The van der Waals surface area contributed by atoms with E-state index in [0.717, 1.165) is 34.4 Å². The molecule has 0 radical (unpaired) electrons. The number of Topliss-reactive ketones (excluding diaryl/α,β-unsaturated/α-hetero) is 1. The Morgan fingerprint density at radius 3 is 2.59 bits per heavy atom. The van der Waals surface area contributed by atoms with Gasteiger partial charge in [0.15, 0.2) is 5.78 Å². The zero-order valence-electron chi connectivity index (χ0n) is 16.4. The summed E-state index contributed by atoms with van der Waals surface area (Å²) < 4.78 is 0. The van der Waals surface area contributed by atoms with Gasteiger partial charge in [0.2, 0.25) is 0 Å². The van der Waals surface area contributed by atoms with Crippen molar-refractivity contribution in [3.8, 4) is 0 Å². The number of carbonyl (C=O) groups excluding carboxylic acids is 1. The third kappa shape index (κ3) is 2.97. The highest BCUT2D eigenvalue weighted by molar-refractivity contribution is 6.42. The summed E-state index contributed by atoms with van der Waals surface area (Å²) in [4.78, 5) is 13.4. The van der Waals surface area contributed by atoms with Crippen LogP contribution in [0.1, 0.15) is 43.9 Å². The van der Waals surface area contributed by atoms with E-state index in [4.69, 9.17) is 23.2 Å². The lowest BCUT2D eigenvalue weighted by atomic mass is 9.68. The van der Waals surface area contributed by atoms with E-state index in [-0.39, 0.29) is 17.2 Å². The molecule has 0 amide bonds. The molecule has 0 aromatic heterocycles. The number of ketones is 1.